The zero-order valence-electron chi connectivity index (χ0n) is 4.37. The van der Waals surface area contributed by atoms with Crippen molar-refractivity contribution >= 4 is 33.7 Å². The van der Waals surface area contributed by atoms with Gasteiger partial charge in [0, 0.05) is 0 Å². The topological polar surface area (TPSA) is 0 Å². The Hall–Kier alpha value is 1.53. The third-order valence-electron chi connectivity index (χ3n) is 0.442. The fraction of sp³-hybridized carbons (Fsp3) is 0. The minimum atomic E-state index is -2.13. The minimum absolute atomic E-state index is 0.823. The van der Waals surface area contributed by atoms with Gasteiger partial charge in [0.25, 0.3) is 0 Å². The third-order valence-corrected chi connectivity index (χ3v) is 1.13. The Morgan fingerprint density at radius 2 is 1.89 bits per heavy atom. The monoisotopic (exact) mass is 278 g/mol. The second-order valence-corrected chi connectivity index (χ2v) is 13.1. The molecule has 1 rings (SSSR count). The van der Waals surface area contributed by atoms with E-state index in [1.54, 1.807) is 0 Å². The van der Waals surface area contributed by atoms with Crippen LogP contribution in [0.1, 0.15) is 0 Å². The van der Waals surface area contributed by atoms with Gasteiger partial charge in [0.05, 0.1) is 0 Å². The van der Waals surface area contributed by atoms with Crippen LogP contribution in [-0.2, 0) is 18.2 Å². The standard InChI is InChI=1S/C4H4P.3ClH.Zr/c1-2-4-5-3-1;;;;/h1-3,5H;3*1H;/q-1;;;;+3/p-3. The molecular formula is C4H4Cl3PZr-. The number of hydrogen-bond acceptors (Lipinski definition) is 0. The summed E-state index contributed by atoms with van der Waals surface area (Å²) in [5, 5.41) is 0. The van der Waals surface area contributed by atoms with Gasteiger partial charge in [-0.25, -0.2) is 6.07 Å². The minimum Gasteiger partial charge on any atom is -0.271 e. The number of rotatable bonds is 0. The maximum Gasteiger partial charge on any atom is -0.163 e. The molecule has 9 heavy (non-hydrogen) atoms. The molecule has 0 saturated carbocycles. The molecule has 51 valence electrons. The summed E-state index contributed by atoms with van der Waals surface area (Å²) in [7, 11) is 15.8. The summed E-state index contributed by atoms with van der Waals surface area (Å²) in [5.74, 6) is 5.11. The Morgan fingerprint density at radius 3 is 2.00 bits per heavy atom. The molecule has 1 aromatic rings. The largest absolute Gasteiger partial charge is 0.271 e. The van der Waals surface area contributed by atoms with E-state index < -0.39 is 18.2 Å². The maximum absolute atomic E-state index is 5.00. The smallest absolute Gasteiger partial charge is 0.163 e. The van der Waals surface area contributed by atoms with Crippen molar-refractivity contribution < 1.29 is 18.2 Å². The Bertz CT molecular complexity index is 99.4. The summed E-state index contributed by atoms with van der Waals surface area (Å²) < 4.78 is 0. The van der Waals surface area contributed by atoms with Crippen molar-refractivity contribution in [3.63, 3.8) is 0 Å². The zero-order chi connectivity index (χ0) is 7.11. The summed E-state index contributed by atoms with van der Waals surface area (Å²) in [5.41, 5.74) is 0. The predicted molar refractivity (Wildman–Crippen MR) is 42.3 cm³/mol. The van der Waals surface area contributed by atoms with E-state index in [4.69, 9.17) is 25.5 Å². The molecule has 0 saturated heterocycles. The van der Waals surface area contributed by atoms with Crippen molar-refractivity contribution in [1.82, 2.24) is 0 Å². The first kappa shape index (κ1) is 10.5. The van der Waals surface area contributed by atoms with E-state index >= 15 is 0 Å². The van der Waals surface area contributed by atoms with Gasteiger partial charge in [-0.15, -0.1) is 0 Å². The summed E-state index contributed by atoms with van der Waals surface area (Å²) in [6, 6.07) is 3.96. The zero-order valence-corrected chi connectivity index (χ0v) is 10.1. The normalized spacial score (nSPS) is 8.33. The SMILES string of the molecule is [Cl][Zr]([Cl])[Cl].[c-]1ccc[pH]1. The molecule has 0 aliphatic rings. The first-order valence-corrected chi connectivity index (χ1v) is 12.6. The van der Waals surface area contributed by atoms with Crippen molar-refractivity contribution in [2.75, 3.05) is 0 Å². The Labute approximate surface area is 74.9 Å². The van der Waals surface area contributed by atoms with E-state index in [9.17, 15) is 0 Å². The van der Waals surface area contributed by atoms with Crippen molar-refractivity contribution in [1.29, 1.82) is 0 Å². The summed E-state index contributed by atoms with van der Waals surface area (Å²) in [6.45, 7) is 0. The van der Waals surface area contributed by atoms with E-state index in [1.165, 1.54) is 0 Å². The van der Waals surface area contributed by atoms with Crippen LogP contribution in [0.4, 0.5) is 0 Å². The molecular weight excluding hydrogens is 277 g/mol. The van der Waals surface area contributed by atoms with Crippen LogP contribution < -0.4 is 0 Å². The van der Waals surface area contributed by atoms with Crippen LogP contribution in [0.3, 0.4) is 0 Å². The van der Waals surface area contributed by atoms with Gasteiger partial charge < -0.3 is 0 Å². The van der Waals surface area contributed by atoms with E-state index in [2.05, 4.69) is 11.6 Å². The van der Waals surface area contributed by atoms with Gasteiger partial charge in [0.15, 0.2) is 0 Å². The molecule has 5 heteroatoms. The molecule has 0 fully saturated rings. The molecule has 1 atom stereocenters. The van der Waals surface area contributed by atoms with Gasteiger partial charge in [0.2, 0.25) is 0 Å². The summed E-state index contributed by atoms with van der Waals surface area (Å²) in [6.07, 6.45) is 0. The van der Waals surface area contributed by atoms with Crippen LogP contribution in [0.5, 0.6) is 0 Å². The second kappa shape index (κ2) is 7.64. The molecule has 1 unspecified atom stereocenters. The average Bonchev–Trinajstić information content (AvgIpc) is 2.11. The van der Waals surface area contributed by atoms with Crippen LogP contribution in [0, 0.1) is 5.80 Å². The van der Waals surface area contributed by atoms with Crippen molar-refractivity contribution in [3.8, 4) is 0 Å². The summed E-state index contributed by atoms with van der Waals surface area (Å²) in [4.78, 5) is 0. The van der Waals surface area contributed by atoms with E-state index in [-0.39, 0.29) is 0 Å². The Balaban J connectivity index is 0.000000148. The predicted octanol–water partition coefficient (Wildman–Crippen LogP) is 3.58. The molecule has 1 aromatic heterocycles. The molecule has 0 radical (unpaired) electrons. The van der Waals surface area contributed by atoms with E-state index in [0.29, 0.717) is 0 Å². The van der Waals surface area contributed by atoms with Gasteiger partial charge in [-0.2, -0.15) is 17.7 Å². The molecule has 0 aliphatic heterocycles. The van der Waals surface area contributed by atoms with Crippen molar-refractivity contribution in [2.45, 2.75) is 0 Å². The van der Waals surface area contributed by atoms with Gasteiger partial charge >= 0.3 is 43.7 Å². The quantitative estimate of drug-likeness (QED) is 0.637. The first-order chi connectivity index (χ1) is 4.23. The van der Waals surface area contributed by atoms with Crippen molar-refractivity contribution in [3.05, 3.63) is 23.7 Å². The number of halogens is 3. The second-order valence-electron chi connectivity index (χ2n) is 1.03. The molecule has 0 nitrogen and oxygen atoms in total. The molecule has 0 amide bonds. The maximum atomic E-state index is 5.00. The van der Waals surface area contributed by atoms with E-state index in [1.807, 2.05) is 12.1 Å². The number of hydrogen-bond donors (Lipinski definition) is 0. The van der Waals surface area contributed by atoms with Crippen LogP contribution >= 0.6 is 33.7 Å². The Kier molecular flexibility index (Phi) is 8.94. The molecule has 0 aromatic carbocycles. The van der Waals surface area contributed by atoms with Crippen LogP contribution in [0.2, 0.25) is 0 Å². The molecule has 0 bridgehead atoms. The molecule has 0 spiro atoms. The van der Waals surface area contributed by atoms with Crippen LogP contribution in [-0.4, -0.2) is 0 Å². The average molecular weight is 281 g/mol. The first-order valence-electron chi connectivity index (χ1n) is 2.06. The third kappa shape index (κ3) is 12.7. The van der Waals surface area contributed by atoms with Crippen LogP contribution in [0.25, 0.3) is 0 Å². The fourth-order valence-corrected chi connectivity index (χ4v) is 0.722. The molecule has 0 N–H and O–H groups in total. The molecule has 1 heterocycles. The Morgan fingerprint density at radius 1 is 1.33 bits per heavy atom. The van der Waals surface area contributed by atoms with Gasteiger partial charge in [-0.3, -0.25) is 8.19 Å². The van der Waals surface area contributed by atoms with Crippen molar-refractivity contribution in [2.24, 2.45) is 0 Å². The van der Waals surface area contributed by atoms with E-state index in [0.717, 1.165) is 8.19 Å². The summed E-state index contributed by atoms with van der Waals surface area (Å²) >= 11 is -2.13. The van der Waals surface area contributed by atoms with Gasteiger partial charge in [-0.05, 0) is 0 Å². The fourth-order valence-electron chi connectivity index (χ4n) is 0.241. The van der Waals surface area contributed by atoms with Gasteiger partial charge in [-0.1, -0.05) is 0 Å². The van der Waals surface area contributed by atoms with Gasteiger partial charge in [0.1, 0.15) is 0 Å². The van der Waals surface area contributed by atoms with Crippen LogP contribution in [0.15, 0.2) is 17.9 Å². The molecule has 0 aliphatic carbocycles.